The first kappa shape index (κ1) is 13.5. The lowest BCUT2D eigenvalue weighted by atomic mass is 10.1. The molecule has 1 atom stereocenters. The minimum atomic E-state index is -0.684. The minimum absolute atomic E-state index is 0.116. The summed E-state index contributed by atoms with van der Waals surface area (Å²) in [6, 6.07) is 9.99. The molecule has 1 unspecified atom stereocenters. The average Bonchev–Trinajstić information content (AvgIpc) is 2.41. The first-order chi connectivity index (χ1) is 9.11. The van der Waals surface area contributed by atoms with Gasteiger partial charge in [0.2, 0.25) is 0 Å². The maximum Gasteiger partial charge on any atom is 0.128 e. The molecule has 0 saturated carbocycles. The molecule has 2 aromatic carbocycles. The van der Waals surface area contributed by atoms with Gasteiger partial charge in [-0.05, 0) is 36.8 Å². The number of hydrogen-bond donors (Lipinski definition) is 2. The monoisotopic (exact) mass is 263 g/mol. The topological polar surface area (TPSA) is 32.3 Å². The Kier molecular flexibility index (Phi) is 4.12. The molecular weight excluding hydrogens is 248 g/mol. The van der Waals surface area contributed by atoms with E-state index >= 15 is 0 Å². The van der Waals surface area contributed by atoms with Crippen LogP contribution in [0.15, 0.2) is 42.5 Å². The molecule has 0 aliphatic carbocycles. The van der Waals surface area contributed by atoms with Crippen molar-refractivity contribution in [3.63, 3.8) is 0 Å². The minimum Gasteiger partial charge on any atom is -0.394 e. The number of aliphatic hydroxyl groups excluding tert-OH is 1. The molecule has 0 spiro atoms. The third-order valence-electron chi connectivity index (χ3n) is 2.99. The lowest BCUT2D eigenvalue weighted by Gasteiger charge is -2.20. The highest BCUT2D eigenvalue weighted by Crippen LogP contribution is 2.24. The molecule has 0 fully saturated rings. The van der Waals surface area contributed by atoms with Crippen LogP contribution in [0.4, 0.5) is 14.5 Å². The van der Waals surface area contributed by atoms with E-state index in [1.807, 2.05) is 31.2 Å². The van der Waals surface area contributed by atoms with Crippen LogP contribution in [0.1, 0.15) is 17.2 Å². The zero-order valence-electron chi connectivity index (χ0n) is 10.5. The molecule has 19 heavy (non-hydrogen) atoms. The van der Waals surface area contributed by atoms with Crippen molar-refractivity contribution in [2.24, 2.45) is 0 Å². The van der Waals surface area contributed by atoms with E-state index < -0.39 is 17.7 Å². The molecule has 2 rings (SSSR count). The highest BCUT2D eigenvalue weighted by molar-refractivity contribution is 5.52. The maximum atomic E-state index is 13.7. The fourth-order valence-electron chi connectivity index (χ4n) is 1.93. The van der Waals surface area contributed by atoms with Gasteiger partial charge >= 0.3 is 0 Å². The van der Waals surface area contributed by atoms with Crippen molar-refractivity contribution < 1.29 is 13.9 Å². The van der Waals surface area contributed by atoms with Gasteiger partial charge in [0, 0.05) is 11.3 Å². The molecule has 0 aliphatic rings. The predicted octanol–water partition coefficient (Wildman–Crippen LogP) is 3.42. The molecule has 0 saturated heterocycles. The highest BCUT2D eigenvalue weighted by Gasteiger charge is 2.16. The fourth-order valence-corrected chi connectivity index (χ4v) is 1.93. The van der Waals surface area contributed by atoms with Crippen molar-refractivity contribution in [1.29, 1.82) is 0 Å². The van der Waals surface area contributed by atoms with E-state index in [-0.39, 0.29) is 12.2 Å². The van der Waals surface area contributed by atoms with Crippen LogP contribution in [-0.4, -0.2) is 11.7 Å². The van der Waals surface area contributed by atoms with Crippen molar-refractivity contribution in [2.75, 3.05) is 11.9 Å². The maximum absolute atomic E-state index is 13.7. The zero-order valence-corrected chi connectivity index (χ0v) is 10.5. The highest BCUT2D eigenvalue weighted by atomic mass is 19.1. The molecule has 0 amide bonds. The molecule has 2 nitrogen and oxygen atoms in total. The van der Waals surface area contributed by atoms with E-state index in [9.17, 15) is 13.9 Å². The van der Waals surface area contributed by atoms with E-state index in [0.29, 0.717) is 0 Å². The van der Waals surface area contributed by atoms with Gasteiger partial charge in [0.15, 0.2) is 0 Å². The Balaban J connectivity index is 2.30. The summed E-state index contributed by atoms with van der Waals surface area (Å²) in [7, 11) is 0. The summed E-state index contributed by atoms with van der Waals surface area (Å²) >= 11 is 0. The molecular formula is C15H15F2NO. The lowest BCUT2D eigenvalue weighted by molar-refractivity contribution is 0.273. The second-order valence-corrected chi connectivity index (χ2v) is 4.36. The summed E-state index contributed by atoms with van der Waals surface area (Å²) in [6.07, 6.45) is 0. The van der Waals surface area contributed by atoms with E-state index in [0.717, 1.165) is 29.4 Å². The van der Waals surface area contributed by atoms with Crippen molar-refractivity contribution in [3.05, 3.63) is 65.2 Å². The van der Waals surface area contributed by atoms with Crippen LogP contribution in [0, 0.1) is 18.6 Å². The first-order valence-electron chi connectivity index (χ1n) is 6.00. The third-order valence-corrected chi connectivity index (χ3v) is 2.99. The molecule has 0 bridgehead atoms. The van der Waals surface area contributed by atoms with Crippen LogP contribution in [-0.2, 0) is 0 Å². The molecule has 4 heteroatoms. The van der Waals surface area contributed by atoms with Crippen molar-refractivity contribution in [1.82, 2.24) is 0 Å². The summed E-state index contributed by atoms with van der Waals surface area (Å²) < 4.78 is 26.9. The molecule has 0 aliphatic heterocycles. The standard InChI is InChI=1S/C15H15F2NO/c1-10-4-2-3-5-14(10)18-15(9-19)12-8-11(16)6-7-13(12)17/h2-8,15,18-19H,9H2,1H3. The Bertz CT molecular complexity index is 572. The quantitative estimate of drug-likeness (QED) is 0.886. The van der Waals surface area contributed by atoms with Gasteiger partial charge in [-0.25, -0.2) is 8.78 Å². The fraction of sp³-hybridized carbons (Fsp3) is 0.200. The number of nitrogens with one attached hydrogen (secondary N) is 1. The number of anilines is 1. The van der Waals surface area contributed by atoms with E-state index in [2.05, 4.69) is 5.32 Å². The smallest absolute Gasteiger partial charge is 0.128 e. The summed E-state index contributed by atoms with van der Waals surface area (Å²) in [5.74, 6) is -1.07. The molecule has 2 aromatic rings. The van der Waals surface area contributed by atoms with E-state index in [1.54, 1.807) is 0 Å². The number of halogens is 2. The Labute approximate surface area is 110 Å². The second-order valence-electron chi connectivity index (χ2n) is 4.36. The number of para-hydroxylation sites is 1. The third kappa shape index (κ3) is 3.09. The number of aliphatic hydroxyl groups is 1. The predicted molar refractivity (Wildman–Crippen MR) is 71.0 cm³/mol. The second kappa shape index (κ2) is 5.80. The van der Waals surface area contributed by atoms with E-state index in [4.69, 9.17) is 0 Å². The lowest BCUT2D eigenvalue weighted by Crippen LogP contribution is -2.17. The average molecular weight is 263 g/mol. The van der Waals surface area contributed by atoms with Gasteiger partial charge in [0.1, 0.15) is 11.6 Å². The Morgan fingerprint density at radius 1 is 1.16 bits per heavy atom. The summed E-state index contributed by atoms with van der Waals surface area (Å²) in [5.41, 5.74) is 1.87. The van der Waals surface area contributed by atoms with Gasteiger partial charge in [0.25, 0.3) is 0 Å². The number of benzene rings is 2. The van der Waals surface area contributed by atoms with Gasteiger partial charge in [-0.1, -0.05) is 18.2 Å². The van der Waals surface area contributed by atoms with Crippen LogP contribution >= 0.6 is 0 Å². The first-order valence-corrected chi connectivity index (χ1v) is 6.00. The van der Waals surface area contributed by atoms with Gasteiger partial charge in [-0.15, -0.1) is 0 Å². The Morgan fingerprint density at radius 3 is 2.58 bits per heavy atom. The van der Waals surface area contributed by atoms with Crippen LogP contribution in [0.5, 0.6) is 0 Å². The molecule has 0 heterocycles. The number of aryl methyl sites for hydroxylation is 1. The van der Waals surface area contributed by atoms with Crippen LogP contribution in [0.25, 0.3) is 0 Å². The number of hydrogen-bond acceptors (Lipinski definition) is 2. The molecule has 2 N–H and O–H groups in total. The van der Waals surface area contributed by atoms with Gasteiger partial charge < -0.3 is 10.4 Å². The largest absolute Gasteiger partial charge is 0.394 e. The van der Waals surface area contributed by atoms with Gasteiger partial charge in [0.05, 0.1) is 12.6 Å². The van der Waals surface area contributed by atoms with Gasteiger partial charge in [-0.3, -0.25) is 0 Å². The van der Waals surface area contributed by atoms with Gasteiger partial charge in [-0.2, -0.15) is 0 Å². The summed E-state index contributed by atoms with van der Waals surface area (Å²) in [6.45, 7) is 1.58. The number of rotatable bonds is 4. The molecule has 0 aromatic heterocycles. The van der Waals surface area contributed by atoms with Crippen molar-refractivity contribution in [2.45, 2.75) is 13.0 Å². The molecule has 0 radical (unpaired) electrons. The van der Waals surface area contributed by atoms with Crippen LogP contribution in [0.2, 0.25) is 0 Å². The Hall–Kier alpha value is -1.94. The van der Waals surface area contributed by atoms with Crippen molar-refractivity contribution >= 4 is 5.69 Å². The van der Waals surface area contributed by atoms with Crippen molar-refractivity contribution in [3.8, 4) is 0 Å². The van der Waals surface area contributed by atoms with Crippen LogP contribution in [0.3, 0.4) is 0 Å². The zero-order chi connectivity index (χ0) is 13.8. The Morgan fingerprint density at radius 2 is 1.89 bits per heavy atom. The van der Waals surface area contributed by atoms with Crippen LogP contribution < -0.4 is 5.32 Å². The van der Waals surface area contributed by atoms with E-state index in [1.165, 1.54) is 0 Å². The normalized spacial score (nSPS) is 12.2. The summed E-state index contributed by atoms with van der Waals surface area (Å²) in [5, 5.41) is 12.4. The summed E-state index contributed by atoms with van der Waals surface area (Å²) in [4.78, 5) is 0. The SMILES string of the molecule is Cc1ccccc1NC(CO)c1cc(F)ccc1F. The molecule has 100 valence electrons.